The summed E-state index contributed by atoms with van der Waals surface area (Å²) in [5, 5.41) is 19.3. The van der Waals surface area contributed by atoms with E-state index in [1.54, 1.807) is 18.2 Å². The summed E-state index contributed by atoms with van der Waals surface area (Å²) >= 11 is 0. The maximum absolute atomic E-state index is 12.4. The number of ether oxygens (including phenoxy) is 3. The van der Waals surface area contributed by atoms with Crippen molar-refractivity contribution in [3.63, 3.8) is 0 Å². The van der Waals surface area contributed by atoms with Crippen LogP contribution in [0.4, 0.5) is 0 Å². The van der Waals surface area contributed by atoms with E-state index in [0.29, 0.717) is 11.5 Å². The molecule has 6 heteroatoms. The van der Waals surface area contributed by atoms with Gasteiger partial charge in [-0.3, -0.25) is 4.79 Å². The highest BCUT2D eigenvalue weighted by Gasteiger charge is 2.20. The number of phenols is 2. The van der Waals surface area contributed by atoms with Crippen molar-refractivity contribution in [2.45, 2.75) is 6.42 Å². The van der Waals surface area contributed by atoms with E-state index >= 15 is 0 Å². The van der Waals surface area contributed by atoms with Crippen LogP contribution in [-0.2, 0) is 6.42 Å². The molecule has 6 nitrogen and oxygen atoms in total. The van der Waals surface area contributed by atoms with E-state index in [2.05, 4.69) is 0 Å². The Labute approximate surface area is 126 Å². The van der Waals surface area contributed by atoms with Gasteiger partial charge in [0, 0.05) is 18.6 Å². The Morgan fingerprint density at radius 3 is 2.73 bits per heavy atom. The molecule has 0 aliphatic carbocycles. The van der Waals surface area contributed by atoms with Gasteiger partial charge in [-0.1, -0.05) is 6.07 Å². The minimum absolute atomic E-state index is 0.0398. The molecule has 0 fully saturated rings. The molecule has 0 atom stereocenters. The first-order valence-electron chi connectivity index (χ1n) is 6.60. The molecule has 2 aromatic rings. The fraction of sp³-hybridized carbons (Fsp3) is 0.188. The molecular formula is C16H14O6. The number of ketones is 1. The van der Waals surface area contributed by atoms with Crippen molar-refractivity contribution in [2.75, 3.05) is 13.9 Å². The monoisotopic (exact) mass is 302 g/mol. The van der Waals surface area contributed by atoms with E-state index in [4.69, 9.17) is 14.2 Å². The van der Waals surface area contributed by atoms with Crippen LogP contribution in [0.25, 0.3) is 0 Å². The minimum atomic E-state index is -0.326. The Kier molecular flexibility index (Phi) is 3.50. The number of hydrogen-bond donors (Lipinski definition) is 2. The molecule has 0 spiro atoms. The van der Waals surface area contributed by atoms with Gasteiger partial charge in [0.25, 0.3) is 0 Å². The molecule has 114 valence electrons. The number of aromatic hydroxyl groups is 2. The van der Waals surface area contributed by atoms with Gasteiger partial charge in [-0.05, 0) is 17.7 Å². The van der Waals surface area contributed by atoms with Gasteiger partial charge in [0.15, 0.2) is 17.3 Å². The molecule has 3 rings (SSSR count). The van der Waals surface area contributed by atoms with Crippen LogP contribution < -0.4 is 14.2 Å². The molecule has 2 aromatic carbocycles. The van der Waals surface area contributed by atoms with Gasteiger partial charge in [-0.25, -0.2) is 0 Å². The van der Waals surface area contributed by atoms with E-state index in [0.717, 1.165) is 11.6 Å². The number of benzene rings is 2. The zero-order chi connectivity index (χ0) is 15.7. The highest BCUT2D eigenvalue weighted by molar-refractivity contribution is 6.02. The molecule has 0 aromatic heterocycles. The molecule has 0 bridgehead atoms. The van der Waals surface area contributed by atoms with Crippen LogP contribution >= 0.6 is 0 Å². The lowest BCUT2D eigenvalue weighted by Gasteiger charge is -2.10. The number of phenolic OH excluding ortho intramolecular Hbond substituents is 2. The Hall–Kier alpha value is -2.89. The predicted molar refractivity (Wildman–Crippen MR) is 76.9 cm³/mol. The molecule has 1 heterocycles. The first-order valence-corrected chi connectivity index (χ1v) is 6.60. The molecule has 0 saturated carbocycles. The zero-order valence-corrected chi connectivity index (χ0v) is 11.8. The highest BCUT2D eigenvalue weighted by atomic mass is 16.7. The number of carbonyl (C=O) groups is 1. The second-order valence-electron chi connectivity index (χ2n) is 4.83. The SMILES string of the molecule is COc1cc(O)cc(O)c1C(=O)Cc1ccc2c(c1)OCO2. The Morgan fingerprint density at radius 2 is 1.95 bits per heavy atom. The van der Waals surface area contributed by atoms with Crippen LogP contribution in [0.1, 0.15) is 15.9 Å². The summed E-state index contributed by atoms with van der Waals surface area (Å²) in [6, 6.07) is 7.61. The molecule has 1 aliphatic heterocycles. The zero-order valence-electron chi connectivity index (χ0n) is 11.8. The Morgan fingerprint density at radius 1 is 1.18 bits per heavy atom. The summed E-state index contributed by atoms with van der Waals surface area (Å²) in [6.07, 6.45) is 0.0608. The normalized spacial score (nSPS) is 12.2. The third-order valence-corrected chi connectivity index (χ3v) is 3.37. The van der Waals surface area contributed by atoms with Gasteiger partial charge in [-0.15, -0.1) is 0 Å². The fourth-order valence-corrected chi connectivity index (χ4v) is 2.35. The fourth-order valence-electron chi connectivity index (χ4n) is 2.35. The molecule has 1 aliphatic rings. The van der Waals surface area contributed by atoms with Crippen LogP contribution in [0.5, 0.6) is 28.7 Å². The van der Waals surface area contributed by atoms with Gasteiger partial charge in [0.1, 0.15) is 22.8 Å². The molecule has 0 radical (unpaired) electrons. The number of carbonyl (C=O) groups excluding carboxylic acids is 1. The summed E-state index contributed by atoms with van der Waals surface area (Å²) < 4.78 is 15.5. The molecule has 0 amide bonds. The Bertz CT molecular complexity index is 738. The largest absolute Gasteiger partial charge is 0.508 e. The standard InChI is InChI=1S/C16H14O6/c1-20-15-7-10(17)6-12(19)16(15)11(18)4-9-2-3-13-14(5-9)22-8-21-13/h2-3,5-7,17,19H,4,8H2,1H3. The first kappa shape index (κ1) is 14.1. The van der Waals surface area contributed by atoms with Crippen molar-refractivity contribution >= 4 is 5.78 Å². The summed E-state index contributed by atoms with van der Waals surface area (Å²) in [7, 11) is 1.37. The lowest BCUT2D eigenvalue weighted by Crippen LogP contribution is -2.06. The van der Waals surface area contributed by atoms with Crippen molar-refractivity contribution in [2.24, 2.45) is 0 Å². The summed E-state index contributed by atoms with van der Waals surface area (Å²) in [6.45, 7) is 0.166. The molecule has 0 saturated heterocycles. The smallest absolute Gasteiger partial charge is 0.231 e. The van der Waals surface area contributed by atoms with E-state index < -0.39 is 0 Å². The van der Waals surface area contributed by atoms with Gasteiger partial charge in [0.05, 0.1) is 7.11 Å². The molecule has 22 heavy (non-hydrogen) atoms. The lowest BCUT2D eigenvalue weighted by molar-refractivity contribution is 0.0987. The molecule has 2 N–H and O–H groups in total. The summed E-state index contributed by atoms with van der Waals surface area (Å²) in [5.74, 6) is 0.543. The van der Waals surface area contributed by atoms with Crippen molar-refractivity contribution in [3.8, 4) is 28.7 Å². The van der Waals surface area contributed by atoms with Gasteiger partial charge >= 0.3 is 0 Å². The quantitative estimate of drug-likeness (QED) is 0.843. The van der Waals surface area contributed by atoms with Crippen molar-refractivity contribution < 1.29 is 29.2 Å². The number of hydrogen-bond acceptors (Lipinski definition) is 6. The van der Waals surface area contributed by atoms with E-state index in [1.165, 1.54) is 13.2 Å². The van der Waals surface area contributed by atoms with Gasteiger partial charge < -0.3 is 24.4 Å². The van der Waals surface area contributed by atoms with E-state index in [-0.39, 0.29) is 41.8 Å². The molecular weight excluding hydrogens is 288 g/mol. The average Bonchev–Trinajstić information content (AvgIpc) is 2.93. The van der Waals surface area contributed by atoms with Crippen LogP contribution in [0.3, 0.4) is 0 Å². The number of rotatable bonds is 4. The van der Waals surface area contributed by atoms with Crippen LogP contribution in [0.15, 0.2) is 30.3 Å². The van der Waals surface area contributed by atoms with Crippen LogP contribution in [0.2, 0.25) is 0 Å². The highest BCUT2D eigenvalue weighted by Crippen LogP contribution is 2.35. The van der Waals surface area contributed by atoms with Gasteiger partial charge in [0.2, 0.25) is 6.79 Å². The van der Waals surface area contributed by atoms with E-state index in [9.17, 15) is 15.0 Å². The molecule has 0 unspecified atom stereocenters. The van der Waals surface area contributed by atoms with Gasteiger partial charge in [-0.2, -0.15) is 0 Å². The maximum atomic E-state index is 12.4. The van der Waals surface area contributed by atoms with Crippen LogP contribution in [0, 0.1) is 0 Å². The first-order chi connectivity index (χ1) is 10.6. The van der Waals surface area contributed by atoms with Crippen molar-refractivity contribution in [3.05, 3.63) is 41.5 Å². The lowest BCUT2D eigenvalue weighted by atomic mass is 10.0. The topological polar surface area (TPSA) is 85.2 Å². The third kappa shape index (κ3) is 2.50. The third-order valence-electron chi connectivity index (χ3n) is 3.37. The summed E-state index contributed by atoms with van der Waals surface area (Å²) in [4.78, 5) is 12.4. The average molecular weight is 302 g/mol. The van der Waals surface area contributed by atoms with Crippen molar-refractivity contribution in [1.29, 1.82) is 0 Å². The van der Waals surface area contributed by atoms with Crippen LogP contribution in [-0.4, -0.2) is 29.9 Å². The minimum Gasteiger partial charge on any atom is -0.508 e. The number of fused-ring (bicyclic) bond motifs is 1. The Balaban J connectivity index is 1.89. The van der Waals surface area contributed by atoms with E-state index in [1.807, 2.05) is 0 Å². The number of Topliss-reactive ketones (excluding diaryl/α,β-unsaturated/α-hetero) is 1. The summed E-state index contributed by atoms with van der Waals surface area (Å²) in [5.41, 5.74) is 0.766. The van der Waals surface area contributed by atoms with Crippen molar-refractivity contribution in [1.82, 2.24) is 0 Å². The maximum Gasteiger partial charge on any atom is 0.231 e. The predicted octanol–water partition coefficient (Wildman–Crippen LogP) is 2.26. The second-order valence-corrected chi connectivity index (χ2v) is 4.83. The second kappa shape index (κ2) is 5.48. The number of methoxy groups -OCH3 is 1.